The van der Waals surface area contributed by atoms with Gasteiger partial charge in [-0.25, -0.2) is 5.43 Å². The van der Waals surface area contributed by atoms with Crippen LogP contribution in [0.15, 0.2) is 87.3 Å². The molecule has 0 saturated carbocycles. The molecule has 1 heterocycles. The molecule has 3 aromatic carbocycles. The van der Waals surface area contributed by atoms with E-state index in [-0.39, 0.29) is 22.2 Å². The number of fused-ring (bicyclic) bond motifs is 1. The van der Waals surface area contributed by atoms with E-state index in [0.717, 1.165) is 11.8 Å². The van der Waals surface area contributed by atoms with Crippen molar-refractivity contribution in [1.29, 1.82) is 0 Å². The van der Waals surface area contributed by atoms with Crippen LogP contribution in [0, 0.1) is 6.92 Å². The average molecular weight is 503 g/mol. The molecule has 1 aromatic heterocycles. The minimum atomic E-state index is -1.10. The third-order valence-corrected chi connectivity index (χ3v) is 5.27. The first-order valence-corrected chi connectivity index (χ1v) is 11.0. The second-order valence-corrected chi connectivity index (χ2v) is 8.12. The second kappa shape index (κ2) is 10.7. The minimum absolute atomic E-state index is 0.0450. The summed E-state index contributed by atoms with van der Waals surface area (Å²) in [6.07, 6.45) is 2.23. The van der Waals surface area contributed by atoms with Crippen LogP contribution in [0.25, 0.3) is 11.0 Å². The zero-order valence-electron chi connectivity index (χ0n) is 18.9. The molecule has 9 nitrogen and oxygen atoms in total. The number of aryl methyl sites for hydroxylation is 1. The molecule has 0 atom stereocenters. The minimum Gasteiger partial charge on any atom is -0.463 e. The summed E-state index contributed by atoms with van der Waals surface area (Å²) in [5, 5.41) is 9.42. The van der Waals surface area contributed by atoms with Crippen LogP contribution in [0.4, 0.5) is 11.4 Å². The van der Waals surface area contributed by atoms with E-state index in [9.17, 15) is 19.2 Å². The van der Waals surface area contributed by atoms with Gasteiger partial charge in [0.05, 0.1) is 28.4 Å². The van der Waals surface area contributed by atoms with Crippen LogP contribution in [-0.4, -0.2) is 23.9 Å². The first-order valence-electron chi connectivity index (χ1n) is 10.6. The summed E-state index contributed by atoms with van der Waals surface area (Å²) in [4.78, 5) is 49.9. The third-order valence-electron chi connectivity index (χ3n) is 5.03. The summed E-state index contributed by atoms with van der Waals surface area (Å²) in [6.45, 7) is 1.90. The number of anilines is 2. The molecular weight excluding hydrogens is 484 g/mol. The van der Waals surface area contributed by atoms with Gasteiger partial charge in [0.25, 0.3) is 5.91 Å². The van der Waals surface area contributed by atoms with E-state index >= 15 is 0 Å². The summed E-state index contributed by atoms with van der Waals surface area (Å²) >= 11 is 5.93. The third kappa shape index (κ3) is 5.65. The zero-order chi connectivity index (χ0) is 25.7. The molecule has 0 aliphatic carbocycles. The van der Waals surface area contributed by atoms with Gasteiger partial charge in [-0.15, -0.1) is 0 Å². The Labute approximate surface area is 209 Å². The molecule has 4 rings (SSSR count). The molecule has 180 valence electrons. The highest BCUT2D eigenvalue weighted by Gasteiger charge is 2.18. The Bertz CT molecular complexity index is 1580. The van der Waals surface area contributed by atoms with Gasteiger partial charge in [-0.2, -0.15) is 5.10 Å². The summed E-state index contributed by atoms with van der Waals surface area (Å²) < 4.78 is 5.37. The first kappa shape index (κ1) is 24.4. The van der Waals surface area contributed by atoms with Crippen LogP contribution in [0.3, 0.4) is 0 Å². The van der Waals surface area contributed by atoms with Crippen molar-refractivity contribution in [3.8, 4) is 0 Å². The van der Waals surface area contributed by atoms with Crippen molar-refractivity contribution >= 4 is 57.9 Å². The predicted molar refractivity (Wildman–Crippen MR) is 137 cm³/mol. The number of para-hydroxylation sites is 1. The van der Waals surface area contributed by atoms with E-state index in [4.69, 9.17) is 16.0 Å². The van der Waals surface area contributed by atoms with Gasteiger partial charge in [0.15, 0.2) is 0 Å². The molecule has 0 radical (unpaired) electrons. The lowest BCUT2D eigenvalue weighted by molar-refractivity contribution is -0.136. The summed E-state index contributed by atoms with van der Waals surface area (Å²) in [5.74, 6) is -2.62. The van der Waals surface area contributed by atoms with Gasteiger partial charge < -0.3 is 15.1 Å². The van der Waals surface area contributed by atoms with Crippen LogP contribution in [0.1, 0.15) is 21.5 Å². The second-order valence-electron chi connectivity index (χ2n) is 7.68. The van der Waals surface area contributed by atoms with Crippen molar-refractivity contribution in [3.05, 3.63) is 105 Å². The number of amides is 3. The molecule has 0 aliphatic heterocycles. The lowest BCUT2D eigenvalue weighted by Crippen LogP contribution is -2.33. The van der Waals surface area contributed by atoms with Crippen molar-refractivity contribution in [2.45, 2.75) is 6.92 Å². The number of nitrogens with zero attached hydrogens (tertiary/aromatic N) is 1. The van der Waals surface area contributed by atoms with Crippen LogP contribution < -0.4 is 21.5 Å². The number of halogens is 1. The Hall–Kier alpha value is -4.76. The summed E-state index contributed by atoms with van der Waals surface area (Å²) in [5.41, 5.74) is 3.89. The Balaban J connectivity index is 1.43. The van der Waals surface area contributed by atoms with Crippen molar-refractivity contribution in [1.82, 2.24) is 5.43 Å². The highest BCUT2D eigenvalue weighted by atomic mass is 35.5. The molecule has 4 aromatic rings. The van der Waals surface area contributed by atoms with E-state index in [2.05, 4.69) is 15.7 Å². The zero-order valence-corrected chi connectivity index (χ0v) is 19.6. The smallest absolute Gasteiger partial charge is 0.329 e. The van der Waals surface area contributed by atoms with E-state index in [0.29, 0.717) is 16.3 Å². The number of carbonyl (C=O) groups is 3. The Kier molecular flexibility index (Phi) is 7.22. The number of hydrogen-bond acceptors (Lipinski definition) is 6. The fraction of sp³-hybridized carbons (Fsp3) is 0.0385. The Morgan fingerprint density at radius 1 is 0.944 bits per heavy atom. The molecule has 0 aliphatic rings. The maximum Gasteiger partial charge on any atom is 0.329 e. The van der Waals surface area contributed by atoms with E-state index < -0.39 is 23.2 Å². The quantitative estimate of drug-likeness (QED) is 0.215. The summed E-state index contributed by atoms with van der Waals surface area (Å²) in [6, 6.07) is 18.1. The highest BCUT2D eigenvalue weighted by molar-refractivity contribution is 6.40. The number of hydrogen-bond donors (Lipinski definition) is 3. The number of carbonyl (C=O) groups excluding carboxylic acids is 3. The monoisotopic (exact) mass is 502 g/mol. The van der Waals surface area contributed by atoms with Gasteiger partial charge >= 0.3 is 11.8 Å². The first-order chi connectivity index (χ1) is 17.3. The van der Waals surface area contributed by atoms with E-state index in [1.54, 1.807) is 42.5 Å². The molecule has 0 fully saturated rings. The van der Waals surface area contributed by atoms with Gasteiger partial charge in [-0.3, -0.25) is 19.2 Å². The van der Waals surface area contributed by atoms with Gasteiger partial charge in [0, 0.05) is 10.7 Å². The molecule has 10 heteroatoms. The largest absolute Gasteiger partial charge is 0.463 e. The van der Waals surface area contributed by atoms with Crippen molar-refractivity contribution in [2.24, 2.45) is 5.10 Å². The Morgan fingerprint density at radius 2 is 1.75 bits per heavy atom. The van der Waals surface area contributed by atoms with Crippen LogP contribution in [-0.2, 0) is 9.59 Å². The molecule has 3 N–H and O–H groups in total. The number of rotatable bonds is 5. The lowest BCUT2D eigenvalue weighted by Gasteiger charge is -2.11. The molecule has 3 amide bonds. The van der Waals surface area contributed by atoms with Gasteiger partial charge in [-0.1, -0.05) is 35.9 Å². The normalized spacial score (nSPS) is 10.8. The van der Waals surface area contributed by atoms with Crippen molar-refractivity contribution < 1.29 is 18.8 Å². The fourth-order valence-electron chi connectivity index (χ4n) is 3.31. The average Bonchev–Trinajstić information content (AvgIpc) is 2.86. The van der Waals surface area contributed by atoms with Crippen molar-refractivity contribution in [3.63, 3.8) is 0 Å². The molecule has 0 unspecified atom stereocenters. The van der Waals surface area contributed by atoms with Crippen LogP contribution in [0.2, 0.25) is 5.02 Å². The van der Waals surface area contributed by atoms with Crippen molar-refractivity contribution in [2.75, 3.05) is 10.6 Å². The maximum absolute atomic E-state index is 12.7. The predicted octanol–water partition coefficient (Wildman–Crippen LogP) is 4.10. The fourth-order valence-corrected chi connectivity index (χ4v) is 3.48. The maximum atomic E-state index is 12.7. The molecule has 0 saturated heterocycles. The molecular formula is C26H19ClN4O5. The van der Waals surface area contributed by atoms with Gasteiger partial charge in [-0.05, 0) is 55.0 Å². The molecule has 36 heavy (non-hydrogen) atoms. The SMILES string of the molecule is Cc1cccc(NC(=O)c2ccccc2NC(=O)C(=O)NN=Cc2coc3ccc(Cl)cc3c2=O)c1. The Morgan fingerprint density at radius 3 is 2.56 bits per heavy atom. The van der Waals surface area contributed by atoms with E-state index in [1.165, 1.54) is 24.5 Å². The molecule has 0 spiro atoms. The number of nitrogens with one attached hydrogen (secondary N) is 3. The van der Waals surface area contributed by atoms with Gasteiger partial charge in [0.1, 0.15) is 11.8 Å². The number of hydrazone groups is 1. The lowest BCUT2D eigenvalue weighted by atomic mass is 10.1. The number of benzene rings is 3. The van der Waals surface area contributed by atoms with Crippen LogP contribution >= 0.6 is 11.6 Å². The standard InChI is InChI=1S/C26H19ClN4O5/c1-15-5-4-6-18(11-15)29-24(33)19-7-2-3-8-21(19)30-25(34)26(35)31-28-13-16-14-36-22-10-9-17(27)12-20(22)23(16)32/h2-14H,1H3,(H,29,33)(H,30,34)(H,31,35). The highest BCUT2D eigenvalue weighted by Crippen LogP contribution is 2.19. The summed E-state index contributed by atoms with van der Waals surface area (Å²) in [7, 11) is 0. The molecule has 0 bridgehead atoms. The van der Waals surface area contributed by atoms with E-state index in [1.807, 2.05) is 18.4 Å². The topological polar surface area (TPSA) is 130 Å². The van der Waals surface area contributed by atoms with Crippen LogP contribution in [0.5, 0.6) is 0 Å². The van der Waals surface area contributed by atoms with Gasteiger partial charge in [0.2, 0.25) is 5.43 Å².